The zero-order valence-corrected chi connectivity index (χ0v) is 28.2. The van der Waals surface area contributed by atoms with E-state index in [-0.39, 0.29) is 58.1 Å². The van der Waals surface area contributed by atoms with Crippen LogP contribution in [0.15, 0.2) is 16.4 Å². The number of aliphatic hydroxyl groups is 3. The highest BCUT2D eigenvalue weighted by Gasteiger charge is 2.65. The summed E-state index contributed by atoms with van der Waals surface area (Å²) in [6.07, 6.45) is 5.41. The highest BCUT2D eigenvalue weighted by atomic mass is 32.2. The maximum atomic E-state index is 13.2. The average molecular weight is 659 g/mol. The van der Waals surface area contributed by atoms with Gasteiger partial charge in [-0.2, -0.15) is 0 Å². The van der Waals surface area contributed by atoms with Gasteiger partial charge in [-0.25, -0.2) is 0 Å². The van der Waals surface area contributed by atoms with Crippen LogP contribution in [0.5, 0.6) is 0 Å². The van der Waals surface area contributed by atoms with Crippen LogP contribution < -0.4 is 10.6 Å². The number of carbonyl (C=O) groups is 3. The molecule has 4 aliphatic carbocycles. The number of nitrogens with one attached hydrogen (secondary N) is 2. The number of hydrogen-bond acceptors (Lipinski definition) is 8. The molecular formula is C33H50N6O6S. The first-order valence-corrected chi connectivity index (χ1v) is 18.1. The smallest absolute Gasteiger partial charge is 0.268 e. The second kappa shape index (κ2) is 12.6. The van der Waals surface area contributed by atoms with E-state index in [2.05, 4.69) is 41.4 Å². The molecule has 4 saturated carbocycles. The van der Waals surface area contributed by atoms with Crippen molar-refractivity contribution in [1.29, 1.82) is 0 Å². The van der Waals surface area contributed by atoms with E-state index in [1.54, 1.807) is 6.92 Å². The Labute approximate surface area is 275 Å². The fourth-order valence-corrected chi connectivity index (χ4v) is 12.3. The predicted molar refractivity (Wildman–Crippen MR) is 172 cm³/mol. The molecule has 12 nitrogen and oxygen atoms in total. The highest BCUT2D eigenvalue weighted by molar-refractivity contribution is 8.00. The molecule has 13 atom stereocenters. The Kier molecular flexibility index (Phi) is 9.21. The van der Waals surface area contributed by atoms with Crippen LogP contribution >= 0.6 is 11.8 Å². The number of nitrogens with zero attached hydrogens (tertiary/aromatic N) is 4. The van der Waals surface area contributed by atoms with Gasteiger partial charge in [0.1, 0.15) is 17.1 Å². The van der Waals surface area contributed by atoms with E-state index < -0.39 is 30.3 Å². The monoisotopic (exact) mass is 658 g/mol. The third kappa shape index (κ3) is 5.34. The molecule has 254 valence electrons. The van der Waals surface area contributed by atoms with Crippen molar-refractivity contribution in [2.24, 2.45) is 51.5 Å². The minimum atomic E-state index is -0.807. The van der Waals surface area contributed by atoms with Gasteiger partial charge < -0.3 is 26.0 Å². The molecule has 0 aromatic heterocycles. The SMILES string of the molecule is CC1=C(C(=O)NCN=[N+]=[N-])N2C(=O)C(NC(=O)CC[C@@H](C)[C@H]3CC[C@H]4[C@@H]5C(O)C(O)[C@@H]6C[C@H](O)CC[C@]6(C)[C@H]5CC[C@]34C)C2SC1. The van der Waals surface area contributed by atoms with E-state index in [0.717, 1.165) is 44.1 Å². The number of aliphatic hydroxyl groups excluding tert-OH is 3. The number of hydrogen-bond donors (Lipinski definition) is 5. The van der Waals surface area contributed by atoms with E-state index in [1.807, 2.05) is 0 Å². The van der Waals surface area contributed by atoms with Gasteiger partial charge in [0.15, 0.2) is 0 Å². The molecule has 2 aliphatic heterocycles. The maximum absolute atomic E-state index is 13.2. The van der Waals surface area contributed by atoms with Gasteiger partial charge in [-0.3, -0.25) is 19.3 Å². The standard InChI is InChI=1S/C33H50N6O6S/c1-16(5-8-23(41)37-25-30(45)39-26(17(2)14-46-31(25)39)29(44)35-15-36-38-34)19-6-7-20-24-21(10-12-32(19,20)3)33(4)11-9-18(40)13-22(33)27(42)28(24)43/h16,18-22,24-25,27-28,31,40,42-43H,5-15H2,1-4H3,(H,35,44)(H,37,41)/t16-,18-,19-,20+,21+,22+,24+,25?,27?,28?,31?,32-,33-/m1/s1. The normalized spacial score (nSPS) is 43.6. The van der Waals surface area contributed by atoms with Crippen molar-refractivity contribution in [2.75, 3.05) is 12.4 Å². The molecule has 0 aromatic carbocycles. The van der Waals surface area contributed by atoms with Crippen LogP contribution in [0, 0.1) is 46.3 Å². The maximum Gasteiger partial charge on any atom is 0.268 e. The molecule has 2 heterocycles. The first-order chi connectivity index (χ1) is 21.8. The molecule has 46 heavy (non-hydrogen) atoms. The Morgan fingerprint density at radius 2 is 1.80 bits per heavy atom. The summed E-state index contributed by atoms with van der Waals surface area (Å²) in [6, 6.07) is -0.685. The second-order valence-electron chi connectivity index (χ2n) is 15.5. The summed E-state index contributed by atoms with van der Waals surface area (Å²) < 4.78 is 0. The molecule has 5 N–H and O–H groups in total. The van der Waals surface area contributed by atoms with E-state index in [4.69, 9.17) is 5.53 Å². The van der Waals surface area contributed by atoms with Crippen molar-refractivity contribution in [2.45, 2.75) is 115 Å². The molecule has 0 spiro atoms. The lowest BCUT2D eigenvalue weighted by atomic mass is 9.43. The summed E-state index contributed by atoms with van der Waals surface area (Å²) in [6.45, 7) is 8.48. The van der Waals surface area contributed by atoms with Crippen LogP contribution in [0.4, 0.5) is 0 Å². The Morgan fingerprint density at radius 1 is 1.09 bits per heavy atom. The van der Waals surface area contributed by atoms with Crippen molar-refractivity contribution >= 4 is 29.5 Å². The van der Waals surface area contributed by atoms with Gasteiger partial charge in [0.2, 0.25) is 5.91 Å². The van der Waals surface area contributed by atoms with Crippen LogP contribution in [0.1, 0.15) is 85.5 Å². The van der Waals surface area contributed by atoms with Crippen LogP contribution in [0.25, 0.3) is 10.4 Å². The highest BCUT2D eigenvalue weighted by Crippen LogP contribution is 2.68. The second-order valence-corrected chi connectivity index (χ2v) is 16.6. The summed E-state index contributed by atoms with van der Waals surface area (Å²) in [5, 5.41) is 41.7. The van der Waals surface area contributed by atoms with Gasteiger partial charge >= 0.3 is 0 Å². The largest absolute Gasteiger partial charge is 0.393 e. The Balaban J connectivity index is 1.05. The number of azide groups is 1. The van der Waals surface area contributed by atoms with Crippen molar-refractivity contribution in [3.8, 4) is 0 Å². The van der Waals surface area contributed by atoms with Gasteiger partial charge in [0, 0.05) is 17.1 Å². The van der Waals surface area contributed by atoms with Gasteiger partial charge in [0.05, 0.1) is 25.0 Å². The van der Waals surface area contributed by atoms with Crippen LogP contribution in [-0.4, -0.2) is 80.1 Å². The number of thioether (sulfide) groups is 1. The lowest BCUT2D eigenvalue weighted by Crippen LogP contribution is -2.70. The van der Waals surface area contributed by atoms with Crippen LogP contribution in [0.2, 0.25) is 0 Å². The molecule has 5 fully saturated rings. The summed E-state index contributed by atoms with van der Waals surface area (Å²) in [7, 11) is 0. The minimum Gasteiger partial charge on any atom is -0.393 e. The topological polar surface area (TPSA) is 188 Å². The Hall–Kier alpha value is -2.31. The number of β-lactam (4-membered cyclic amide) rings is 1. The first-order valence-electron chi connectivity index (χ1n) is 17.1. The molecule has 4 unspecified atom stereocenters. The van der Waals surface area contributed by atoms with Crippen molar-refractivity contribution < 1.29 is 29.7 Å². The summed E-state index contributed by atoms with van der Waals surface area (Å²) in [5.74, 6) is 0.934. The van der Waals surface area contributed by atoms with Crippen LogP contribution in [0.3, 0.4) is 0 Å². The van der Waals surface area contributed by atoms with E-state index in [0.29, 0.717) is 42.8 Å². The number of rotatable bonds is 8. The molecule has 3 amide bonds. The zero-order chi connectivity index (χ0) is 33.1. The molecule has 6 aliphatic rings. The summed E-state index contributed by atoms with van der Waals surface area (Å²) >= 11 is 1.52. The molecule has 0 aromatic rings. The van der Waals surface area contributed by atoms with Gasteiger partial charge in [-0.1, -0.05) is 25.9 Å². The molecule has 1 saturated heterocycles. The first kappa shape index (κ1) is 33.6. The lowest BCUT2D eigenvalue weighted by Gasteiger charge is -2.63. The van der Waals surface area contributed by atoms with E-state index in [1.165, 1.54) is 16.7 Å². The number of fused-ring (bicyclic) bond motifs is 6. The molecular weight excluding hydrogens is 608 g/mol. The summed E-state index contributed by atoms with van der Waals surface area (Å²) in [5.41, 5.74) is 9.46. The van der Waals surface area contributed by atoms with Crippen molar-refractivity contribution in [3.05, 3.63) is 21.7 Å². The Morgan fingerprint density at radius 3 is 2.54 bits per heavy atom. The van der Waals surface area contributed by atoms with Gasteiger partial charge in [-0.05, 0) is 116 Å². The average Bonchev–Trinajstić information content (AvgIpc) is 3.39. The van der Waals surface area contributed by atoms with Crippen molar-refractivity contribution in [3.63, 3.8) is 0 Å². The fraction of sp³-hybridized carbons (Fsp3) is 0.848. The quantitative estimate of drug-likeness (QED) is 0.114. The van der Waals surface area contributed by atoms with Crippen LogP contribution in [-0.2, 0) is 14.4 Å². The third-order valence-corrected chi connectivity index (χ3v) is 14.8. The Bertz CT molecular complexity index is 1340. The number of carbonyl (C=O) groups excluding carboxylic acids is 3. The fourth-order valence-electron chi connectivity index (χ4n) is 11.0. The predicted octanol–water partition coefficient (Wildman–Crippen LogP) is 3.42. The van der Waals surface area contributed by atoms with E-state index in [9.17, 15) is 29.7 Å². The molecule has 13 heteroatoms. The van der Waals surface area contributed by atoms with Crippen molar-refractivity contribution in [1.82, 2.24) is 15.5 Å². The van der Waals surface area contributed by atoms with Gasteiger partial charge in [0.25, 0.3) is 11.8 Å². The minimum absolute atomic E-state index is 0.0258. The van der Waals surface area contributed by atoms with E-state index >= 15 is 0 Å². The third-order valence-electron chi connectivity index (χ3n) is 13.4. The molecule has 0 radical (unpaired) electrons. The number of amides is 3. The molecule has 6 rings (SSSR count). The molecule has 0 bridgehead atoms. The summed E-state index contributed by atoms with van der Waals surface area (Å²) in [4.78, 5) is 43.0. The lowest BCUT2D eigenvalue weighted by molar-refractivity contribution is -0.223. The van der Waals surface area contributed by atoms with Gasteiger partial charge in [-0.15, -0.1) is 11.8 Å². The zero-order valence-electron chi connectivity index (χ0n) is 27.4.